The van der Waals surface area contributed by atoms with E-state index >= 15 is 0 Å². The maximum Gasteiger partial charge on any atom is 0.379 e. The molecule has 0 unspecified atom stereocenters. The maximum atomic E-state index is 12.0. The van der Waals surface area contributed by atoms with Gasteiger partial charge in [0.2, 0.25) is 5.76 Å². The van der Waals surface area contributed by atoms with Gasteiger partial charge in [0.05, 0.1) is 25.0 Å². The number of hydrogen-bond acceptors (Lipinski definition) is 6. The number of furan rings is 1. The Balaban J connectivity index is 1.53. The Bertz CT molecular complexity index is 1110. The number of rotatable bonds is 7. The second-order valence-electron chi connectivity index (χ2n) is 5.84. The van der Waals surface area contributed by atoms with Crippen molar-refractivity contribution < 1.29 is 23.5 Å². The Morgan fingerprint density at radius 2 is 1.87 bits per heavy atom. The largest absolute Gasteiger partial charge is 0.481 e. The van der Waals surface area contributed by atoms with Crippen LogP contribution in [0.3, 0.4) is 0 Å². The monoisotopic (exact) mass is 724 g/mol. The molecule has 160 valence electrons. The minimum Gasteiger partial charge on any atom is -0.481 e. The summed E-state index contributed by atoms with van der Waals surface area (Å²) in [4.78, 5) is 24.0. The Morgan fingerprint density at radius 3 is 2.52 bits per heavy atom. The summed E-state index contributed by atoms with van der Waals surface area (Å²) in [6.45, 7) is -0.213. The molecule has 3 aromatic rings. The smallest absolute Gasteiger partial charge is 0.379 e. The summed E-state index contributed by atoms with van der Waals surface area (Å²) >= 11 is 12.2. The number of nitrogens with zero attached hydrogens (tertiary/aromatic N) is 1. The predicted molar refractivity (Wildman–Crippen MR) is 134 cm³/mol. The SMILES string of the molecule is O=C(COc1c(Br)cc(Br)cc1Br)N/N=C\c1ccc(OC(=O)c2ccco2)c(I)c1. The van der Waals surface area contributed by atoms with Crippen LogP contribution in [0.1, 0.15) is 16.1 Å². The zero-order valence-electron chi connectivity index (χ0n) is 15.4. The van der Waals surface area contributed by atoms with Gasteiger partial charge in [-0.3, -0.25) is 4.79 Å². The first-order chi connectivity index (χ1) is 14.8. The minimum atomic E-state index is -0.583. The molecule has 31 heavy (non-hydrogen) atoms. The van der Waals surface area contributed by atoms with Crippen LogP contribution in [0.25, 0.3) is 0 Å². The lowest BCUT2D eigenvalue weighted by molar-refractivity contribution is -0.123. The summed E-state index contributed by atoms with van der Waals surface area (Å²) < 4.78 is 18.8. The Kier molecular flexibility index (Phi) is 8.69. The molecule has 0 radical (unpaired) electrons. The number of hydrazone groups is 1. The van der Waals surface area contributed by atoms with E-state index in [9.17, 15) is 9.59 Å². The highest BCUT2D eigenvalue weighted by molar-refractivity contribution is 14.1. The van der Waals surface area contributed by atoms with Crippen LogP contribution in [0.2, 0.25) is 0 Å². The number of nitrogens with one attached hydrogen (secondary N) is 1. The first kappa shape index (κ1) is 24.0. The molecule has 0 spiro atoms. The average molecular weight is 727 g/mol. The lowest BCUT2D eigenvalue weighted by atomic mass is 10.2. The standard InChI is InChI=1S/C20H12Br3IN2O5/c21-12-7-13(22)19(14(23)8-12)30-10-18(27)26-25-9-11-3-4-16(15(24)6-11)31-20(28)17-2-1-5-29-17/h1-9H,10H2,(H,26,27)/b25-9-. The van der Waals surface area contributed by atoms with Gasteiger partial charge in [0.1, 0.15) is 11.5 Å². The van der Waals surface area contributed by atoms with Crippen molar-refractivity contribution in [1.82, 2.24) is 5.43 Å². The minimum absolute atomic E-state index is 0.119. The van der Waals surface area contributed by atoms with E-state index in [1.54, 1.807) is 24.3 Å². The molecule has 7 nitrogen and oxygen atoms in total. The summed E-state index contributed by atoms with van der Waals surface area (Å²) in [6, 6.07) is 11.9. The molecule has 0 saturated carbocycles. The first-order valence-electron chi connectivity index (χ1n) is 8.48. The molecule has 1 aromatic heterocycles. The first-order valence-corrected chi connectivity index (χ1v) is 11.9. The van der Waals surface area contributed by atoms with E-state index < -0.39 is 11.9 Å². The third-order valence-corrected chi connectivity index (χ3v) is 6.07. The second-order valence-corrected chi connectivity index (χ2v) is 9.62. The van der Waals surface area contributed by atoms with Crippen LogP contribution in [-0.2, 0) is 4.79 Å². The molecule has 2 aromatic carbocycles. The third-order valence-electron chi connectivity index (χ3n) is 3.59. The van der Waals surface area contributed by atoms with Crippen LogP contribution in [0.5, 0.6) is 11.5 Å². The number of halogens is 4. The van der Waals surface area contributed by atoms with Crippen molar-refractivity contribution in [3.05, 3.63) is 77.0 Å². The van der Waals surface area contributed by atoms with Gasteiger partial charge in [-0.1, -0.05) is 15.9 Å². The van der Waals surface area contributed by atoms with Gasteiger partial charge in [0.25, 0.3) is 5.91 Å². The van der Waals surface area contributed by atoms with E-state index in [1.807, 2.05) is 34.7 Å². The van der Waals surface area contributed by atoms with Crippen molar-refractivity contribution in [2.45, 2.75) is 0 Å². The van der Waals surface area contributed by atoms with Crippen molar-refractivity contribution in [2.75, 3.05) is 6.61 Å². The van der Waals surface area contributed by atoms with Gasteiger partial charge >= 0.3 is 5.97 Å². The van der Waals surface area contributed by atoms with E-state index in [0.29, 0.717) is 29.6 Å². The zero-order valence-corrected chi connectivity index (χ0v) is 22.3. The third kappa shape index (κ3) is 6.89. The summed E-state index contributed by atoms with van der Waals surface area (Å²) in [7, 11) is 0. The van der Waals surface area contributed by atoms with Crippen LogP contribution >= 0.6 is 70.4 Å². The van der Waals surface area contributed by atoms with E-state index in [2.05, 4.69) is 58.3 Å². The molecule has 0 aliphatic rings. The molecule has 1 amide bonds. The number of hydrogen-bond donors (Lipinski definition) is 1. The highest BCUT2D eigenvalue weighted by Crippen LogP contribution is 2.36. The van der Waals surface area contributed by atoms with E-state index in [-0.39, 0.29) is 12.4 Å². The molecule has 0 aliphatic carbocycles. The van der Waals surface area contributed by atoms with Gasteiger partial charge in [0.15, 0.2) is 6.61 Å². The summed E-state index contributed by atoms with van der Waals surface area (Å²) in [5.74, 6) is 0.0182. The molecule has 1 heterocycles. The molecule has 0 atom stereocenters. The van der Waals surface area contributed by atoms with Crippen molar-refractivity contribution in [2.24, 2.45) is 5.10 Å². The summed E-state index contributed by atoms with van der Waals surface area (Å²) in [5.41, 5.74) is 3.11. The van der Waals surface area contributed by atoms with Crippen molar-refractivity contribution in [3.8, 4) is 11.5 Å². The lowest BCUT2D eigenvalue weighted by Gasteiger charge is -2.10. The fourth-order valence-corrected chi connectivity index (χ4v) is 5.38. The van der Waals surface area contributed by atoms with Crippen LogP contribution in [0.15, 0.2) is 71.7 Å². The van der Waals surface area contributed by atoms with E-state index in [4.69, 9.17) is 13.9 Å². The second kappa shape index (κ2) is 11.2. The number of ether oxygens (including phenoxy) is 2. The summed E-state index contributed by atoms with van der Waals surface area (Å²) in [6.07, 6.45) is 2.88. The number of carbonyl (C=O) groups is 2. The van der Waals surface area contributed by atoms with E-state index in [0.717, 1.165) is 4.47 Å². The molecule has 11 heteroatoms. The van der Waals surface area contributed by atoms with Gasteiger partial charge in [-0.2, -0.15) is 5.10 Å². The van der Waals surface area contributed by atoms with Crippen molar-refractivity contribution >= 4 is 88.5 Å². The lowest BCUT2D eigenvalue weighted by Crippen LogP contribution is -2.24. The number of amides is 1. The van der Waals surface area contributed by atoms with Crippen LogP contribution in [-0.4, -0.2) is 24.7 Å². The Hall–Kier alpha value is -1.70. The van der Waals surface area contributed by atoms with Crippen LogP contribution < -0.4 is 14.9 Å². The van der Waals surface area contributed by atoms with Gasteiger partial charge in [0, 0.05) is 4.47 Å². The average Bonchev–Trinajstić information content (AvgIpc) is 3.24. The fraction of sp³-hybridized carbons (Fsp3) is 0.0500. The molecular formula is C20H12Br3IN2O5. The normalized spacial score (nSPS) is 10.8. The number of carbonyl (C=O) groups excluding carboxylic acids is 2. The molecule has 0 bridgehead atoms. The molecule has 0 aliphatic heterocycles. The number of benzene rings is 2. The predicted octanol–water partition coefficient (Wildman–Crippen LogP) is 5.92. The fourth-order valence-electron chi connectivity index (χ4n) is 2.24. The quantitative estimate of drug-likeness (QED) is 0.107. The molecule has 0 fully saturated rings. The topological polar surface area (TPSA) is 90.1 Å². The molecular weight excluding hydrogens is 715 g/mol. The molecule has 1 N–H and O–H groups in total. The summed E-state index contributed by atoms with van der Waals surface area (Å²) in [5, 5.41) is 3.92. The molecule has 0 saturated heterocycles. The van der Waals surface area contributed by atoms with Gasteiger partial charge in [-0.15, -0.1) is 0 Å². The van der Waals surface area contributed by atoms with Gasteiger partial charge in [-0.25, -0.2) is 10.2 Å². The Labute approximate surface area is 216 Å². The van der Waals surface area contributed by atoms with Crippen molar-refractivity contribution in [3.63, 3.8) is 0 Å². The zero-order chi connectivity index (χ0) is 22.4. The van der Waals surface area contributed by atoms with Crippen LogP contribution in [0.4, 0.5) is 0 Å². The number of esters is 1. The van der Waals surface area contributed by atoms with Crippen LogP contribution in [0, 0.1) is 3.57 Å². The van der Waals surface area contributed by atoms with Gasteiger partial charge < -0.3 is 13.9 Å². The van der Waals surface area contributed by atoms with Gasteiger partial charge in [-0.05, 0) is 102 Å². The highest BCUT2D eigenvalue weighted by Gasteiger charge is 2.13. The Morgan fingerprint density at radius 1 is 1.13 bits per heavy atom. The maximum absolute atomic E-state index is 12.0. The highest BCUT2D eigenvalue weighted by atomic mass is 127. The molecule has 3 rings (SSSR count). The van der Waals surface area contributed by atoms with E-state index in [1.165, 1.54) is 18.5 Å². The van der Waals surface area contributed by atoms with Crippen molar-refractivity contribution in [1.29, 1.82) is 0 Å².